The minimum atomic E-state index is -4.61. The molecule has 3 amide bonds. The summed E-state index contributed by atoms with van der Waals surface area (Å²) >= 11 is 0. The van der Waals surface area contributed by atoms with Crippen LogP contribution in [0.4, 0.5) is 11.4 Å². The molecule has 420 valence electrons. The molecule has 0 saturated heterocycles. The fraction of sp³-hybridized carbons (Fsp3) is 0.519. The molecule has 2 aliphatic heterocycles. The van der Waals surface area contributed by atoms with Crippen LogP contribution in [-0.4, -0.2) is 106 Å². The number of carbonyl (C=O) groups is 4. The maximum Gasteiger partial charge on any atom is 0.303 e. The van der Waals surface area contributed by atoms with E-state index in [0.29, 0.717) is 137 Å². The lowest BCUT2D eigenvalue weighted by atomic mass is 9.77. The highest BCUT2D eigenvalue weighted by Crippen LogP contribution is 2.51. The number of carboxylic acids is 1. The van der Waals surface area contributed by atoms with Crippen molar-refractivity contribution in [1.29, 1.82) is 0 Å². The molecule has 0 aromatic heterocycles. The zero-order chi connectivity index (χ0) is 56.2. The fourth-order valence-corrected chi connectivity index (χ4v) is 10.8. The molecule has 2 atom stereocenters. The van der Waals surface area contributed by atoms with Gasteiger partial charge >= 0.3 is 5.97 Å². The molecule has 0 saturated carbocycles. The molecular weight excluding hydrogens is 1040 g/mol. The van der Waals surface area contributed by atoms with Crippen LogP contribution < -0.4 is 26.2 Å². The molecule has 0 fully saturated rings. The summed E-state index contributed by atoms with van der Waals surface area (Å²) in [5, 5.41) is 21.0. The van der Waals surface area contributed by atoms with Gasteiger partial charge in [-0.2, -0.15) is 25.3 Å². The Morgan fingerprint density at radius 3 is 2.03 bits per heavy atom. The van der Waals surface area contributed by atoms with E-state index in [9.17, 15) is 58.1 Å². The molecule has 0 spiro atoms. The van der Waals surface area contributed by atoms with E-state index in [4.69, 9.17) is 5.11 Å². The molecule has 2 unspecified atom stereocenters. The first-order valence-electron chi connectivity index (χ1n) is 25.9. The SMILES string of the molecule is C=C1/C=C/C=C/C=C/C=C2\N(CCCS(=O)(=O)O)c3ccc(S(=O)(=O)O)cc3C2(C)CCCCCC(=O)NCCCCC(C(=O)NCCCCCC(=O)O)NC(=O)CCCCCNc2ccc(S(=O)(=O)O)cc2C1(C)C. The molecule has 19 nitrogen and oxygen atoms in total. The van der Waals surface area contributed by atoms with Gasteiger partial charge in [0.1, 0.15) is 6.04 Å². The van der Waals surface area contributed by atoms with E-state index in [0.717, 1.165) is 0 Å². The second-order valence-electron chi connectivity index (χ2n) is 20.1. The van der Waals surface area contributed by atoms with Crippen LogP contribution in [0.2, 0.25) is 0 Å². The van der Waals surface area contributed by atoms with Crippen molar-refractivity contribution >= 4 is 65.4 Å². The molecule has 8 N–H and O–H groups in total. The number of anilines is 2. The van der Waals surface area contributed by atoms with Crippen molar-refractivity contribution in [3.05, 3.63) is 108 Å². The molecule has 0 bridgehead atoms. The Bertz CT molecular complexity index is 2840. The third kappa shape index (κ3) is 20.1. The number of hydrogen-bond donors (Lipinski definition) is 8. The van der Waals surface area contributed by atoms with E-state index >= 15 is 0 Å². The van der Waals surface area contributed by atoms with Crippen LogP contribution in [0.15, 0.2) is 107 Å². The van der Waals surface area contributed by atoms with E-state index in [1.165, 1.54) is 24.3 Å². The average molecular weight is 1120 g/mol. The Hall–Kier alpha value is -5.65. The summed E-state index contributed by atoms with van der Waals surface area (Å²) in [5.41, 5.74) is 1.99. The second-order valence-corrected chi connectivity index (χ2v) is 24.5. The smallest absolute Gasteiger partial charge is 0.303 e. The van der Waals surface area contributed by atoms with Gasteiger partial charge in [-0.05, 0) is 130 Å². The first-order chi connectivity index (χ1) is 35.7. The predicted octanol–water partition coefficient (Wildman–Crippen LogP) is 8.09. The van der Waals surface area contributed by atoms with E-state index < -0.39 is 58.9 Å². The number of unbranched alkanes of at least 4 members (excludes halogenated alkanes) is 2. The number of fused-ring (bicyclic) bond motifs is 4. The van der Waals surface area contributed by atoms with Crippen LogP contribution in [0.25, 0.3) is 0 Å². The van der Waals surface area contributed by atoms with Crippen LogP contribution in [0.5, 0.6) is 0 Å². The lowest BCUT2D eigenvalue weighted by Gasteiger charge is -2.30. The topological polar surface area (TPSA) is 303 Å². The highest BCUT2D eigenvalue weighted by molar-refractivity contribution is 7.86. The van der Waals surface area contributed by atoms with Crippen molar-refractivity contribution in [2.45, 2.75) is 157 Å². The Balaban J connectivity index is 1.63. The van der Waals surface area contributed by atoms with Crippen molar-refractivity contribution in [1.82, 2.24) is 16.0 Å². The minimum Gasteiger partial charge on any atom is -0.481 e. The monoisotopic (exact) mass is 1120 g/mol. The number of benzene rings is 2. The van der Waals surface area contributed by atoms with Crippen molar-refractivity contribution in [2.24, 2.45) is 0 Å². The number of nitrogens with one attached hydrogen (secondary N) is 4. The third-order valence-corrected chi connectivity index (χ3v) is 16.3. The van der Waals surface area contributed by atoms with Crippen molar-refractivity contribution < 1.29 is 63.2 Å². The number of hydrogen-bond acceptors (Lipinski definition) is 12. The molecule has 2 aromatic carbocycles. The van der Waals surface area contributed by atoms with Crippen molar-refractivity contribution in [3.8, 4) is 0 Å². The molecule has 0 aliphatic carbocycles. The van der Waals surface area contributed by atoms with Gasteiger partial charge < -0.3 is 31.3 Å². The quantitative estimate of drug-likeness (QED) is 0.0694. The van der Waals surface area contributed by atoms with Gasteiger partial charge in [-0.3, -0.25) is 32.8 Å². The largest absolute Gasteiger partial charge is 0.481 e. The number of carbonyl (C=O) groups excluding carboxylic acids is 3. The van der Waals surface area contributed by atoms with Crippen molar-refractivity contribution in [3.63, 3.8) is 0 Å². The molecule has 2 aliphatic rings. The van der Waals surface area contributed by atoms with Gasteiger partial charge in [0.05, 0.1) is 15.5 Å². The minimum absolute atomic E-state index is 0.0392. The van der Waals surface area contributed by atoms with Crippen LogP contribution in [0.1, 0.15) is 141 Å². The zero-order valence-corrected chi connectivity index (χ0v) is 46.3. The van der Waals surface area contributed by atoms with E-state index in [1.807, 2.05) is 31.7 Å². The number of nitrogens with zero attached hydrogens (tertiary/aromatic N) is 1. The zero-order valence-electron chi connectivity index (χ0n) is 43.9. The van der Waals surface area contributed by atoms with E-state index in [2.05, 4.69) is 27.8 Å². The van der Waals surface area contributed by atoms with Gasteiger partial charge in [0.15, 0.2) is 0 Å². The predicted molar refractivity (Wildman–Crippen MR) is 294 cm³/mol. The van der Waals surface area contributed by atoms with E-state index in [-0.39, 0.29) is 59.7 Å². The standard InChI is InChI=1S/C54H77N5O14S3/c1-40-22-11-6-5-7-12-24-48-54(4,44-39-42(76(71,72)73)29-31-47(44)59(48)36-21-37-74(65,66)67)32-17-8-13-25-49(60)56-34-20-16-23-46(52(64)57-35-19-10-15-27-51(62)63)58-50(61)26-14-9-18-33-55-45-30-28-41(75(68,69)70)38-43(45)53(40,2)3/h5-7,11-12,22,24,28-31,38-39,46,55H,1,8-10,13-21,23,25-27,32-37H2,2-4H3,(H,56,60)(H,57,64)(H,58,61)(H,62,63)(H,65,66,67)(H,68,69,70)(H,71,72,73)/b6-5+,12-7+,22-11+,48-24-. The molecule has 0 radical (unpaired) electrons. The molecular formula is C54H77N5O14S3. The summed E-state index contributed by atoms with van der Waals surface area (Å²) < 4.78 is 103. The van der Waals surface area contributed by atoms with Crippen LogP contribution in [0, 0.1) is 0 Å². The van der Waals surface area contributed by atoms with E-state index in [1.54, 1.807) is 48.6 Å². The number of amides is 3. The molecule has 2 heterocycles. The highest BCUT2D eigenvalue weighted by Gasteiger charge is 2.43. The molecule has 22 heteroatoms. The van der Waals surface area contributed by atoms with Gasteiger partial charge in [-0.15, -0.1) is 0 Å². The second kappa shape index (κ2) is 29.2. The third-order valence-electron chi connectivity index (χ3n) is 13.8. The summed E-state index contributed by atoms with van der Waals surface area (Å²) in [4.78, 5) is 51.6. The van der Waals surface area contributed by atoms with Gasteiger partial charge in [0.25, 0.3) is 30.4 Å². The molecule has 2 aromatic rings. The highest BCUT2D eigenvalue weighted by atomic mass is 32.2. The molecule has 4 rings (SSSR count). The summed E-state index contributed by atoms with van der Waals surface area (Å²) in [6.07, 6.45) is 20.1. The first-order valence-corrected chi connectivity index (χ1v) is 30.4. The Labute approximate surface area is 449 Å². The number of aliphatic carboxylic acids is 1. The average Bonchev–Trinajstić information content (AvgIpc) is 3.56. The van der Waals surface area contributed by atoms with Crippen LogP contribution in [0.3, 0.4) is 0 Å². The van der Waals surface area contributed by atoms with Crippen LogP contribution in [-0.2, 0) is 60.4 Å². The summed E-state index contributed by atoms with van der Waals surface area (Å²) in [7, 11) is -13.5. The summed E-state index contributed by atoms with van der Waals surface area (Å²) in [6.45, 7) is 11.3. The normalized spacial score (nSPS) is 22.4. The van der Waals surface area contributed by atoms with Gasteiger partial charge in [-0.25, -0.2) is 0 Å². The van der Waals surface area contributed by atoms with Crippen LogP contribution >= 0.6 is 0 Å². The number of rotatable bonds is 13. The Morgan fingerprint density at radius 2 is 1.34 bits per heavy atom. The maximum absolute atomic E-state index is 13.3. The number of allylic oxidation sites excluding steroid dienone is 9. The van der Waals surface area contributed by atoms with Gasteiger partial charge in [0.2, 0.25) is 17.7 Å². The summed E-state index contributed by atoms with van der Waals surface area (Å²) in [6, 6.07) is 7.75. The lowest BCUT2D eigenvalue weighted by molar-refractivity contribution is -0.137. The summed E-state index contributed by atoms with van der Waals surface area (Å²) in [5.74, 6) is -2.19. The molecule has 76 heavy (non-hydrogen) atoms. The van der Waals surface area contributed by atoms with Crippen molar-refractivity contribution in [2.75, 3.05) is 42.1 Å². The first kappa shape index (κ1) is 62.9. The fourth-order valence-electron chi connectivity index (χ4n) is 9.34. The Kier molecular flexibility index (Phi) is 24.2. The van der Waals surface area contributed by atoms with Gasteiger partial charge in [0, 0.05) is 73.3 Å². The number of carboxylic acid groups (broad SMARTS) is 1. The van der Waals surface area contributed by atoms with Gasteiger partial charge in [-0.1, -0.05) is 82.6 Å². The maximum atomic E-state index is 13.3. The lowest BCUT2D eigenvalue weighted by Crippen LogP contribution is -2.47. The Morgan fingerprint density at radius 1 is 0.724 bits per heavy atom.